The Morgan fingerprint density at radius 2 is 2.07 bits per heavy atom. The van der Waals surface area contributed by atoms with Crippen molar-refractivity contribution >= 4 is 0 Å². The minimum absolute atomic E-state index is 0.00512. The van der Waals surface area contributed by atoms with Crippen LogP contribution in [0.2, 0.25) is 0 Å². The number of nitrogens with zero attached hydrogens (tertiary/aromatic N) is 1. The van der Waals surface area contributed by atoms with Crippen molar-refractivity contribution in [3.8, 4) is 0 Å². The molecule has 1 spiro atoms. The lowest BCUT2D eigenvalue weighted by atomic mass is 9.82. The van der Waals surface area contributed by atoms with E-state index in [2.05, 4.69) is 11.1 Å². The molecule has 2 aliphatic rings. The van der Waals surface area contributed by atoms with Gasteiger partial charge in [-0.2, -0.15) is 0 Å². The van der Waals surface area contributed by atoms with Gasteiger partial charge in [0.1, 0.15) is 5.60 Å². The van der Waals surface area contributed by atoms with Gasteiger partial charge < -0.3 is 4.74 Å². The van der Waals surface area contributed by atoms with Gasteiger partial charge in [-0.1, -0.05) is 25.3 Å². The molecule has 3 rings (SSSR count). The minimum atomic E-state index is -0.00512. The van der Waals surface area contributed by atoms with Crippen molar-refractivity contribution in [2.45, 2.75) is 44.3 Å². The maximum absolute atomic E-state index is 5.99. The maximum Gasteiger partial charge on any atom is 0.111 e. The van der Waals surface area contributed by atoms with Gasteiger partial charge in [-0.3, -0.25) is 4.98 Å². The molecular formula is C12H15NO. The van der Waals surface area contributed by atoms with Gasteiger partial charge in [0.15, 0.2) is 0 Å². The molecule has 1 aromatic rings. The summed E-state index contributed by atoms with van der Waals surface area (Å²) in [5.41, 5.74) is 2.52. The fraction of sp³-hybridized carbons (Fsp3) is 0.583. The van der Waals surface area contributed by atoms with Gasteiger partial charge in [-0.05, 0) is 18.9 Å². The fourth-order valence-electron chi connectivity index (χ4n) is 2.75. The van der Waals surface area contributed by atoms with E-state index in [9.17, 15) is 0 Å². The molecule has 0 saturated heterocycles. The van der Waals surface area contributed by atoms with Crippen LogP contribution in [0.3, 0.4) is 0 Å². The predicted molar refractivity (Wildman–Crippen MR) is 53.8 cm³/mol. The van der Waals surface area contributed by atoms with Gasteiger partial charge in [0, 0.05) is 11.8 Å². The summed E-state index contributed by atoms with van der Waals surface area (Å²) in [5.74, 6) is 0. The molecule has 1 saturated carbocycles. The Labute approximate surface area is 84.3 Å². The topological polar surface area (TPSA) is 22.1 Å². The summed E-state index contributed by atoms with van der Waals surface area (Å²) in [6.07, 6.45) is 8.15. The number of fused-ring (bicyclic) bond motifs is 2. The summed E-state index contributed by atoms with van der Waals surface area (Å²) >= 11 is 0. The number of rotatable bonds is 0. The first-order valence-corrected chi connectivity index (χ1v) is 5.49. The van der Waals surface area contributed by atoms with Gasteiger partial charge >= 0.3 is 0 Å². The minimum Gasteiger partial charge on any atom is -0.364 e. The number of pyridine rings is 1. The van der Waals surface area contributed by atoms with Gasteiger partial charge in [0.25, 0.3) is 0 Å². The summed E-state index contributed by atoms with van der Waals surface area (Å²) in [6.45, 7) is 0.767. The number of aromatic nitrogens is 1. The Balaban J connectivity index is 2.03. The Kier molecular flexibility index (Phi) is 1.84. The van der Waals surface area contributed by atoms with Crippen molar-refractivity contribution in [2.75, 3.05) is 0 Å². The molecule has 0 atom stereocenters. The average molecular weight is 189 g/mol. The van der Waals surface area contributed by atoms with Crippen molar-refractivity contribution in [2.24, 2.45) is 0 Å². The molecule has 0 unspecified atom stereocenters. The molecule has 2 nitrogen and oxygen atoms in total. The van der Waals surface area contributed by atoms with Gasteiger partial charge in [0.2, 0.25) is 0 Å². The second-order valence-electron chi connectivity index (χ2n) is 4.35. The molecule has 0 aromatic carbocycles. The van der Waals surface area contributed by atoms with Crippen molar-refractivity contribution in [1.82, 2.24) is 4.98 Å². The Morgan fingerprint density at radius 3 is 2.93 bits per heavy atom. The van der Waals surface area contributed by atoms with Gasteiger partial charge in [0.05, 0.1) is 12.3 Å². The van der Waals surface area contributed by atoms with Crippen LogP contribution in [0, 0.1) is 0 Å². The second kappa shape index (κ2) is 3.06. The molecule has 2 heteroatoms. The quantitative estimate of drug-likeness (QED) is 0.626. The van der Waals surface area contributed by atoms with Crippen molar-refractivity contribution in [3.63, 3.8) is 0 Å². The standard InChI is InChI=1S/C12H15NO/c1-2-6-12(7-3-1)11-10(9-14-12)5-4-8-13-11/h4-5,8H,1-3,6-7,9H2. The predicted octanol–water partition coefficient (Wildman–Crippen LogP) is 2.77. The zero-order valence-electron chi connectivity index (χ0n) is 8.33. The number of hydrogen-bond acceptors (Lipinski definition) is 2. The third-order valence-electron chi connectivity index (χ3n) is 3.49. The zero-order valence-corrected chi connectivity index (χ0v) is 8.33. The van der Waals surface area contributed by atoms with E-state index in [1.807, 2.05) is 12.3 Å². The highest BCUT2D eigenvalue weighted by Crippen LogP contribution is 2.45. The molecule has 1 fully saturated rings. The van der Waals surface area contributed by atoms with Crippen LogP contribution in [0.15, 0.2) is 18.3 Å². The van der Waals surface area contributed by atoms with E-state index in [1.165, 1.54) is 30.5 Å². The second-order valence-corrected chi connectivity index (χ2v) is 4.35. The molecule has 2 heterocycles. The van der Waals surface area contributed by atoms with Crippen molar-refractivity contribution < 1.29 is 4.74 Å². The first-order chi connectivity index (χ1) is 6.91. The molecule has 0 N–H and O–H groups in total. The van der Waals surface area contributed by atoms with Crippen LogP contribution in [0.5, 0.6) is 0 Å². The lowest BCUT2D eigenvalue weighted by Crippen LogP contribution is -2.28. The summed E-state index contributed by atoms with van der Waals surface area (Å²) in [6, 6.07) is 4.15. The van der Waals surface area contributed by atoms with E-state index < -0.39 is 0 Å². The van der Waals surface area contributed by atoms with Gasteiger partial charge in [-0.15, -0.1) is 0 Å². The molecule has 1 aliphatic carbocycles. The van der Waals surface area contributed by atoms with Crippen LogP contribution in [-0.4, -0.2) is 4.98 Å². The molecule has 0 bridgehead atoms. The third kappa shape index (κ3) is 1.10. The highest BCUT2D eigenvalue weighted by molar-refractivity contribution is 5.29. The molecule has 0 amide bonds. The Hall–Kier alpha value is -0.890. The monoisotopic (exact) mass is 189 g/mol. The van der Waals surface area contributed by atoms with Crippen molar-refractivity contribution in [1.29, 1.82) is 0 Å². The first-order valence-electron chi connectivity index (χ1n) is 5.49. The molecule has 0 radical (unpaired) electrons. The maximum atomic E-state index is 5.99. The largest absolute Gasteiger partial charge is 0.364 e. The Bertz CT molecular complexity index is 336. The van der Waals surface area contributed by atoms with Crippen molar-refractivity contribution in [3.05, 3.63) is 29.6 Å². The van der Waals surface area contributed by atoms with E-state index >= 15 is 0 Å². The molecule has 74 valence electrons. The summed E-state index contributed by atoms with van der Waals surface area (Å²) < 4.78 is 5.99. The van der Waals surface area contributed by atoms with Crippen LogP contribution >= 0.6 is 0 Å². The van der Waals surface area contributed by atoms with E-state index in [-0.39, 0.29) is 5.60 Å². The highest BCUT2D eigenvalue weighted by atomic mass is 16.5. The average Bonchev–Trinajstić information content (AvgIpc) is 2.60. The third-order valence-corrected chi connectivity index (χ3v) is 3.49. The normalized spacial score (nSPS) is 23.7. The van der Waals surface area contributed by atoms with E-state index in [4.69, 9.17) is 4.74 Å². The van der Waals surface area contributed by atoms with Crippen LogP contribution in [0.25, 0.3) is 0 Å². The zero-order chi connectivity index (χ0) is 9.43. The molecule has 1 aliphatic heterocycles. The summed E-state index contributed by atoms with van der Waals surface area (Å²) in [7, 11) is 0. The molecular weight excluding hydrogens is 174 g/mol. The summed E-state index contributed by atoms with van der Waals surface area (Å²) in [5, 5.41) is 0. The SMILES string of the molecule is c1cnc2c(c1)COC21CCCCC1. The van der Waals surface area contributed by atoms with E-state index in [0.29, 0.717) is 0 Å². The molecule has 14 heavy (non-hydrogen) atoms. The molecule has 1 aromatic heterocycles. The van der Waals surface area contributed by atoms with Crippen LogP contribution in [0.1, 0.15) is 43.4 Å². The lowest BCUT2D eigenvalue weighted by Gasteiger charge is -2.32. The van der Waals surface area contributed by atoms with E-state index in [0.717, 1.165) is 19.4 Å². The van der Waals surface area contributed by atoms with Crippen LogP contribution < -0.4 is 0 Å². The van der Waals surface area contributed by atoms with E-state index in [1.54, 1.807) is 0 Å². The highest BCUT2D eigenvalue weighted by Gasteiger charge is 2.41. The van der Waals surface area contributed by atoms with Crippen LogP contribution in [0.4, 0.5) is 0 Å². The fourth-order valence-corrected chi connectivity index (χ4v) is 2.75. The van der Waals surface area contributed by atoms with Crippen LogP contribution in [-0.2, 0) is 16.9 Å². The lowest BCUT2D eigenvalue weighted by molar-refractivity contribution is -0.0659. The Morgan fingerprint density at radius 1 is 1.21 bits per heavy atom. The number of hydrogen-bond donors (Lipinski definition) is 0. The number of ether oxygens (including phenoxy) is 1. The summed E-state index contributed by atoms with van der Waals surface area (Å²) in [4.78, 5) is 4.51. The smallest absolute Gasteiger partial charge is 0.111 e. The first kappa shape index (κ1) is 8.42. The van der Waals surface area contributed by atoms with Gasteiger partial charge in [-0.25, -0.2) is 0 Å².